The molecular formula is C14H19N3O2. The molecule has 0 aliphatic rings. The Morgan fingerprint density at radius 2 is 2.26 bits per heavy atom. The van der Waals surface area contributed by atoms with E-state index in [0.717, 1.165) is 24.0 Å². The fourth-order valence-corrected chi connectivity index (χ4v) is 2.09. The zero-order valence-electron chi connectivity index (χ0n) is 11.0. The van der Waals surface area contributed by atoms with Crippen molar-refractivity contribution in [2.24, 2.45) is 0 Å². The maximum Gasteiger partial charge on any atom is 0.320 e. The van der Waals surface area contributed by atoms with Crippen molar-refractivity contribution in [1.82, 2.24) is 14.9 Å². The van der Waals surface area contributed by atoms with Crippen molar-refractivity contribution in [3.05, 3.63) is 30.6 Å². The topological polar surface area (TPSA) is 67.2 Å². The molecule has 1 atom stereocenters. The first-order valence-electron chi connectivity index (χ1n) is 6.58. The Bertz CT molecular complexity index is 550. The molecule has 102 valence electrons. The molecule has 1 aromatic heterocycles. The predicted molar refractivity (Wildman–Crippen MR) is 74.1 cm³/mol. The van der Waals surface area contributed by atoms with E-state index in [1.54, 1.807) is 6.33 Å². The quantitative estimate of drug-likeness (QED) is 0.798. The van der Waals surface area contributed by atoms with Gasteiger partial charge in [0.05, 0.1) is 17.4 Å². The summed E-state index contributed by atoms with van der Waals surface area (Å²) in [6.07, 6.45) is 3.25. The second-order valence-corrected chi connectivity index (χ2v) is 4.56. The molecule has 0 saturated carbocycles. The van der Waals surface area contributed by atoms with Gasteiger partial charge in [-0.2, -0.15) is 0 Å². The number of nitrogens with one attached hydrogen (secondary N) is 1. The molecule has 0 aliphatic heterocycles. The highest BCUT2D eigenvalue weighted by Gasteiger charge is 2.16. The lowest BCUT2D eigenvalue weighted by Crippen LogP contribution is -2.37. The summed E-state index contributed by atoms with van der Waals surface area (Å²) in [6, 6.07) is 7.36. The first kappa shape index (κ1) is 13.5. The predicted octanol–water partition coefficient (Wildman–Crippen LogP) is 1.88. The largest absolute Gasteiger partial charge is 0.480 e. The normalized spacial score (nSPS) is 12.7. The van der Waals surface area contributed by atoms with Crippen LogP contribution in [0.25, 0.3) is 11.0 Å². The molecule has 2 aromatic rings. The van der Waals surface area contributed by atoms with Crippen LogP contribution in [-0.4, -0.2) is 33.2 Å². The number of hydrogen-bond acceptors (Lipinski definition) is 3. The maximum atomic E-state index is 11.1. The molecule has 5 nitrogen and oxygen atoms in total. The minimum absolute atomic E-state index is 0.499. The van der Waals surface area contributed by atoms with Crippen LogP contribution in [0.5, 0.6) is 0 Å². The lowest BCUT2D eigenvalue weighted by molar-refractivity contribution is -0.139. The van der Waals surface area contributed by atoms with Gasteiger partial charge in [0.25, 0.3) is 0 Å². The van der Waals surface area contributed by atoms with E-state index in [1.165, 1.54) is 0 Å². The third kappa shape index (κ3) is 3.32. The molecular weight excluding hydrogens is 242 g/mol. The van der Waals surface area contributed by atoms with E-state index in [0.29, 0.717) is 13.0 Å². The van der Waals surface area contributed by atoms with Gasteiger partial charge in [-0.05, 0) is 31.5 Å². The molecule has 0 spiro atoms. The average Bonchev–Trinajstić information content (AvgIpc) is 2.82. The summed E-state index contributed by atoms with van der Waals surface area (Å²) in [4.78, 5) is 15.4. The van der Waals surface area contributed by atoms with Crippen molar-refractivity contribution in [1.29, 1.82) is 0 Å². The van der Waals surface area contributed by atoms with E-state index in [2.05, 4.69) is 10.3 Å². The fourth-order valence-electron chi connectivity index (χ4n) is 2.09. The SMILES string of the molecule is CCCNC(CCn1cnc2ccccc21)C(=O)O. The van der Waals surface area contributed by atoms with E-state index >= 15 is 0 Å². The smallest absolute Gasteiger partial charge is 0.320 e. The number of imidazole rings is 1. The van der Waals surface area contributed by atoms with E-state index in [4.69, 9.17) is 5.11 Å². The summed E-state index contributed by atoms with van der Waals surface area (Å²) in [5.74, 6) is -0.794. The van der Waals surface area contributed by atoms with Gasteiger partial charge < -0.3 is 15.0 Å². The molecule has 19 heavy (non-hydrogen) atoms. The zero-order valence-corrected chi connectivity index (χ0v) is 11.0. The van der Waals surface area contributed by atoms with Gasteiger partial charge in [-0.1, -0.05) is 19.1 Å². The van der Waals surface area contributed by atoms with Crippen LogP contribution < -0.4 is 5.32 Å². The summed E-state index contributed by atoms with van der Waals surface area (Å²) in [7, 11) is 0. The van der Waals surface area contributed by atoms with Crippen LogP contribution in [0.1, 0.15) is 19.8 Å². The Hall–Kier alpha value is -1.88. The third-order valence-corrected chi connectivity index (χ3v) is 3.12. The highest BCUT2D eigenvalue weighted by atomic mass is 16.4. The van der Waals surface area contributed by atoms with Crippen molar-refractivity contribution >= 4 is 17.0 Å². The minimum Gasteiger partial charge on any atom is -0.480 e. The summed E-state index contributed by atoms with van der Waals surface area (Å²) < 4.78 is 2.00. The number of carboxylic acids is 1. The number of carboxylic acid groups (broad SMARTS) is 1. The lowest BCUT2D eigenvalue weighted by Gasteiger charge is -2.14. The third-order valence-electron chi connectivity index (χ3n) is 3.12. The molecule has 2 N–H and O–H groups in total. The lowest BCUT2D eigenvalue weighted by atomic mass is 10.2. The highest BCUT2D eigenvalue weighted by molar-refractivity contribution is 5.75. The van der Waals surface area contributed by atoms with Crippen LogP contribution in [0.4, 0.5) is 0 Å². The summed E-state index contributed by atoms with van der Waals surface area (Å²) in [5.41, 5.74) is 1.98. The maximum absolute atomic E-state index is 11.1. The number of aliphatic carboxylic acids is 1. The van der Waals surface area contributed by atoms with Crippen LogP contribution in [0, 0.1) is 0 Å². The van der Waals surface area contributed by atoms with Crippen molar-refractivity contribution in [3.8, 4) is 0 Å². The fraction of sp³-hybridized carbons (Fsp3) is 0.429. The van der Waals surface area contributed by atoms with Gasteiger partial charge in [-0.25, -0.2) is 4.98 Å². The summed E-state index contributed by atoms with van der Waals surface area (Å²) in [5, 5.41) is 12.2. The van der Waals surface area contributed by atoms with E-state index in [1.807, 2.05) is 35.8 Å². The second-order valence-electron chi connectivity index (χ2n) is 4.56. The van der Waals surface area contributed by atoms with Gasteiger partial charge in [-0.15, -0.1) is 0 Å². The van der Waals surface area contributed by atoms with Crippen LogP contribution in [0.15, 0.2) is 30.6 Å². The Balaban J connectivity index is 2.02. The van der Waals surface area contributed by atoms with Crippen LogP contribution in [0.2, 0.25) is 0 Å². The monoisotopic (exact) mass is 261 g/mol. The van der Waals surface area contributed by atoms with E-state index in [9.17, 15) is 4.79 Å². The van der Waals surface area contributed by atoms with Crippen molar-refractivity contribution in [3.63, 3.8) is 0 Å². The summed E-state index contributed by atoms with van der Waals surface area (Å²) in [6.45, 7) is 3.39. The molecule has 1 heterocycles. The van der Waals surface area contributed by atoms with Gasteiger partial charge in [0, 0.05) is 6.54 Å². The number of aromatic nitrogens is 2. The van der Waals surface area contributed by atoms with Crippen LogP contribution >= 0.6 is 0 Å². The Labute approximate surface area is 112 Å². The molecule has 0 bridgehead atoms. The Morgan fingerprint density at radius 3 is 3.00 bits per heavy atom. The molecule has 0 saturated heterocycles. The van der Waals surface area contributed by atoms with Gasteiger partial charge in [0.15, 0.2) is 0 Å². The molecule has 5 heteroatoms. The molecule has 1 aromatic carbocycles. The number of benzene rings is 1. The number of nitrogens with zero attached hydrogens (tertiary/aromatic N) is 2. The van der Waals surface area contributed by atoms with Gasteiger partial charge >= 0.3 is 5.97 Å². The van der Waals surface area contributed by atoms with Crippen molar-refractivity contribution in [2.75, 3.05) is 6.54 Å². The zero-order chi connectivity index (χ0) is 13.7. The number of aryl methyl sites for hydroxylation is 1. The average molecular weight is 261 g/mol. The van der Waals surface area contributed by atoms with Gasteiger partial charge in [-0.3, -0.25) is 4.79 Å². The first-order chi connectivity index (χ1) is 9.22. The number of carbonyl (C=O) groups is 1. The number of para-hydroxylation sites is 2. The molecule has 2 rings (SSSR count). The summed E-state index contributed by atoms with van der Waals surface area (Å²) >= 11 is 0. The highest BCUT2D eigenvalue weighted by Crippen LogP contribution is 2.12. The molecule has 1 unspecified atom stereocenters. The van der Waals surface area contributed by atoms with Crippen molar-refractivity contribution < 1.29 is 9.90 Å². The molecule has 0 radical (unpaired) electrons. The molecule has 0 amide bonds. The molecule has 0 fully saturated rings. The number of rotatable bonds is 7. The number of hydrogen-bond donors (Lipinski definition) is 2. The van der Waals surface area contributed by atoms with E-state index < -0.39 is 12.0 Å². The standard InChI is InChI=1S/C14H19N3O2/c1-2-8-15-12(14(18)19)7-9-17-10-16-11-5-3-4-6-13(11)17/h3-6,10,12,15H,2,7-9H2,1H3,(H,18,19). The van der Waals surface area contributed by atoms with Gasteiger partial charge in [0.1, 0.15) is 6.04 Å². The Morgan fingerprint density at radius 1 is 1.47 bits per heavy atom. The molecule has 0 aliphatic carbocycles. The Kier molecular flexibility index (Phi) is 4.52. The van der Waals surface area contributed by atoms with Crippen LogP contribution in [0.3, 0.4) is 0 Å². The van der Waals surface area contributed by atoms with Crippen LogP contribution in [-0.2, 0) is 11.3 Å². The second kappa shape index (κ2) is 6.33. The van der Waals surface area contributed by atoms with Gasteiger partial charge in [0.2, 0.25) is 0 Å². The van der Waals surface area contributed by atoms with E-state index in [-0.39, 0.29) is 0 Å². The number of fused-ring (bicyclic) bond motifs is 1. The first-order valence-corrected chi connectivity index (χ1v) is 6.58. The van der Waals surface area contributed by atoms with Crippen molar-refractivity contribution in [2.45, 2.75) is 32.4 Å². The minimum atomic E-state index is -0.794.